The zero-order chi connectivity index (χ0) is 25.1. The fraction of sp³-hybridized carbons (Fsp3) is 0.286. The van der Waals surface area contributed by atoms with E-state index < -0.39 is 5.60 Å². The number of aliphatic hydroxyl groups is 1. The maximum atomic E-state index is 11.1. The molecular weight excluding hydrogens is 533 g/mol. The summed E-state index contributed by atoms with van der Waals surface area (Å²) in [6.45, 7) is 3.12. The summed E-state index contributed by atoms with van der Waals surface area (Å²) >= 11 is 20.6. The third-order valence-electron chi connectivity index (χ3n) is 6.70. The van der Waals surface area contributed by atoms with Gasteiger partial charge in [-0.3, -0.25) is 4.99 Å². The second-order valence-corrected chi connectivity index (χ2v) is 11.5. The molecule has 0 atom stereocenters. The van der Waals surface area contributed by atoms with Crippen molar-refractivity contribution >= 4 is 63.0 Å². The summed E-state index contributed by atoms with van der Waals surface area (Å²) in [5, 5.41) is 14.1. The number of rotatable bonds is 5. The van der Waals surface area contributed by atoms with Crippen LogP contribution in [0.15, 0.2) is 76.7 Å². The van der Waals surface area contributed by atoms with Crippen LogP contribution in [0.2, 0.25) is 15.1 Å². The maximum Gasteiger partial charge on any atom is 0.0954 e. The summed E-state index contributed by atoms with van der Waals surface area (Å²) in [4.78, 5) is 12.2. The van der Waals surface area contributed by atoms with Gasteiger partial charge in [-0.25, -0.2) is 4.99 Å². The van der Waals surface area contributed by atoms with Crippen molar-refractivity contribution in [2.75, 3.05) is 31.9 Å². The van der Waals surface area contributed by atoms with Crippen molar-refractivity contribution in [2.45, 2.75) is 18.4 Å². The third kappa shape index (κ3) is 5.83. The molecule has 2 heterocycles. The molecule has 4 nitrogen and oxygen atoms in total. The first-order valence-corrected chi connectivity index (χ1v) is 14.0. The van der Waals surface area contributed by atoms with Crippen LogP contribution >= 0.6 is 46.6 Å². The standard InChI is InChI=1S/C28H26Cl3N3OS/c29-20-7-5-19(6-8-20)28(35)11-13-34(14-12-28)15-16-36-26-18-32-27(22-3-1-2-4-24(22)31)23-17-21(30)9-10-25(23)33-26/h1-10,17,35H,11-16,18H2. The van der Waals surface area contributed by atoms with Crippen LogP contribution in [-0.2, 0) is 5.60 Å². The first-order valence-electron chi connectivity index (χ1n) is 11.9. The summed E-state index contributed by atoms with van der Waals surface area (Å²) in [5.41, 5.74) is 3.60. The molecule has 5 rings (SSSR count). The highest BCUT2D eigenvalue weighted by Crippen LogP contribution is 2.34. The lowest BCUT2D eigenvalue weighted by molar-refractivity contribution is -0.0244. The first kappa shape index (κ1) is 25.8. The molecule has 0 saturated carbocycles. The Balaban J connectivity index is 1.23. The number of hydrogen-bond acceptors (Lipinski definition) is 5. The van der Waals surface area contributed by atoms with Crippen LogP contribution in [0.5, 0.6) is 0 Å². The molecule has 3 aromatic rings. The summed E-state index contributed by atoms with van der Waals surface area (Å²) in [6.07, 6.45) is 1.42. The van der Waals surface area contributed by atoms with Gasteiger partial charge in [0.05, 0.1) is 28.6 Å². The van der Waals surface area contributed by atoms with Gasteiger partial charge in [-0.1, -0.05) is 65.1 Å². The number of piperidine rings is 1. The zero-order valence-corrected chi connectivity index (χ0v) is 22.7. The molecular formula is C28H26Cl3N3OS. The number of benzene rings is 3. The Morgan fingerprint density at radius 3 is 2.36 bits per heavy atom. The van der Waals surface area contributed by atoms with E-state index in [4.69, 9.17) is 44.8 Å². The number of fused-ring (bicyclic) bond motifs is 1. The molecule has 0 aliphatic carbocycles. The fourth-order valence-electron chi connectivity index (χ4n) is 4.65. The largest absolute Gasteiger partial charge is 0.385 e. The second-order valence-electron chi connectivity index (χ2n) is 9.04. The van der Waals surface area contributed by atoms with Gasteiger partial charge in [0.25, 0.3) is 0 Å². The van der Waals surface area contributed by atoms with Gasteiger partial charge in [0.15, 0.2) is 0 Å². The molecule has 2 aliphatic rings. The highest BCUT2D eigenvalue weighted by molar-refractivity contribution is 8.14. The highest BCUT2D eigenvalue weighted by Gasteiger charge is 2.33. The monoisotopic (exact) mass is 557 g/mol. The predicted molar refractivity (Wildman–Crippen MR) is 154 cm³/mol. The number of aliphatic imine (C=N–C) groups is 2. The minimum atomic E-state index is -0.783. The number of thioether (sulfide) groups is 1. The normalized spacial score (nSPS) is 17.7. The van der Waals surface area contributed by atoms with Crippen molar-refractivity contribution in [1.29, 1.82) is 0 Å². The fourth-order valence-corrected chi connectivity index (χ4v) is 6.07. The molecule has 8 heteroatoms. The smallest absolute Gasteiger partial charge is 0.0954 e. The van der Waals surface area contributed by atoms with E-state index in [2.05, 4.69) is 4.90 Å². The lowest BCUT2D eigenvalue weighted by atomic mass is 9.84. The van der Waals surface area contributed by atoms with E-state index in [1.807, 2.05) is 66.7 Å². The highest BCUT2D eigenvalue weighted by atomic mass is 35.5. The van der Waals surface area contributed by atoms with Crippen LogP contribution in [0.1, 0.15) is 29.5 Å². The quantitative estimate of drug-likeness (QED) is 0.359. The molecule has 2 aliphatic heterocycles. The molecule has 1 saturated heterocycles. The van der Waals surface area contributed by atoms with Crippen molar-refractivity contribution in [3.05, 3.63) is 98.5 Å². The van der Waals surface area contributed by atoms with Gasteiger partial charge >= 0.3 is 0 Å². The maximum absolute atomic E-state index is 11.1. The average Bonchev–Trinajstić information content (AvgIpc) is 3.05. The molecule has 0 bridgehead atoms. The zero-order valence-electron chi connectivity index (χ0n) is 19.6. The van der Waals surface area contributed by atoms with Crippen molar-refractivity contribution in [3.63, 3.8) is 0 Å². The lowest BCUT2D eigenvalue weighted by Crippen LogP contribution is -2.43. The molecule has 1 N–H and O–H groups in total. The Morgan fingerprint density at radius 2 is 1.61 bits per heavy atom. The topological polar surface area (TPSA) is 48.2 Å². The summed E-state index contributed by atoms with van der Waals surface area (Å²) in [6, 6.07) is 21.0. The molecule has 36 heavy (non-hydrogen) atoms. The number of likely N-dealkylation sites (tertiary alicyclic amines) is 1. The number of nitrogens with zero attached hydrogens (tertiary/aromatic N) is 3. The van der Waals surface area contributed by atoms with E-state index in [0.717, 1.165) is 58.5 Å². The van der Waals surface area contributed by atoms with Gasteiger partial charge in [-0.2, -0.15) is 0 Å². The summed E-state index contributed by atoms with van der Waals surface area (Å²) in [5.74, 6) is 0.901. The van der Waals surface area contributed by atoms with Crippen molar-refractivity contribution in [2.24, 2.45) is 9.98 Å². The molecule has 0 spiro atoms. The SMILES string of the molecule is OC1(c2ccc(Cl)cc2)CCN(CCSC2=Nc3ccc(Cl)cc3C(c3ccccc3Cl)=NC2)CC1. The van der Waals surface area contributed by atoms with Crippen LogP contribution in [0.25, 0.3) is 0 Å². The Hall–Kier alpha value is -1.86. The minimum Gasteiger partial charge on any atom is -0.385 e. The van der Waals surface area contributed by atoms with Gasteiger partial charge in [0.2, 0.25) is 0 Å². The number of hydrogen-bond donors (Lipinski definition) is 1. The van der Waals surface area contributed by atoms with Crippen molar-refractivity contribution in [3.8, 4) is 0 Å². The Labute approximate surface area is 231 Å². The molecule has 1 fully saturated rings. The van der Waals surface area contributed by atoms with Gasteiger partial charge in [-0.15, -0.1) is 11.8 Å². The van der Waals surface area contributed by atoms with Gasteiger partial charge in [-0.05, 0) is 54.8 Å². The molecule has 0 aromatic heterocycles. The molecule has 0 radical (unpaired) electrons. The van der Waals surface area contributed by atoms with Gasteiger partial charge < -0.3 is 10.0 Å². The van der Waals surface area contributed by atoms with E-state index in [9.17, 15) is 5.11 Å². The van der Waals surface area contributed by atoms with Crippen LogP contribution in [0, 0.1) is 0 Å². The summed E-state index contributed by atoms with van der Waals surface area (Å²) in [7, 11) is 0. The Bertz CT molecular complexity index is 1300. The van der Waals surface area contributed by atoms with E-state index in [1.54, 1.807) is 11.8 Å². The van der Waals surface area contributed by atoms with Gasteiger partial charge in [0, 0.05) is 51.6 Å². The van der Waals surface area contributed by atoms with E-state index in [1.165, 1.54) is 0 Å². The number of halogens is 3. The Kier molecular flexibility index (Phi) is 8.06. The van der Waals surface area contributed by atoms with Crippen LogP contribution in [0.4, 0.5) is 5.69 Å². The minimum absolute atomic E-state index is 0.494. The predicted octanol–water partition coefficient (Wildman–Crippen LogP) is 7.24. The molecule has 0 unspecified atom stereocenters. The van der Waals surface area contributed by atoms with E-state index >= 15 is 0 Å². The lowest BCUT2D eigenvalue weighted by Gasteiger charge is -2.38. The molecule has 0 amide bonds. The molecule has 3 aromatic carbocycles. The average molecular weight is 559 g/mol. The summed E-state index contributed by atoms with van der Waals surface area (Å²) < 4.78 is 0. The van der Waals surface area contributed by atoms with E-state index in [-0.39, 0.29) is 0 Å². The first-order chi connectivity index (χ1) is 17.4. The van der Waals surface area contributed by atoms with Crippen LogP contribution in [-0.4, -0.2) is 52.7 Å². The Morgan fingerprint density at radius 1 is 0.889 bits per heavy atom. The molecule has 186 valence electrons. The third-order valence-corrected chi connectivity index (χ3v) is 8.46. The second kappa shape index (κ2) is 11.3. The van der Waals surface area contributed by atoms with Gasteiger partial charge in [0.1, 0.15) is 0 Å². The van der Waals surface area contributed by atoms with Crippen LogP contribution < -0.4 is 0 Å². The van der Waals surface area contributed by atoms with E-state index in [0.29, 0.717) is 34.5 Å². The van der Waals surface area contributed by atoms with Crippen molar-refractivity contribution < 1.29 is 5.11 Å². The van der Waals surface area contributed by atoms with Crippen molar-refractivity contribution in [1.82, 2.24) is 4.90 Å². The van der Waals surface area contributed by atoms with Crippen LogP contribution in [0.3, 0.4) is 0 Å².